The van der Waals surface area contributed by atoms with Crippen LogP contribution < -0.4 is 5.32 Å². The van der Waals surface area contributed by atoms with E-state index in [2.05, 4.69) is 9.69 Å². The summed E-state index contributed by atoms with van der Waals surface area (Å²) in [5, 5.41) is 3.92. The first kappa shape index (κ1) is 18.1. The highest BCUT2D eigenvalue weighted by atomic mass is 32.2. The average molecular weight is 383 g/mol. The highest BCUT2D eigenvalue weighted by Gasteiger charge is 2.30. The second kappa shape index (κ2) is 7.27. The van der Waals surface area contributed by atoms with Crippen molar-refractivity contribution < 1.29 is 13.2 Å². The number of hydrogen-bond acceptors (Lipinski definition) is 5. The summed E-state index contributed by atoms with van der Waals surface area (Å²) < 4.78 is 30.4. The van der Waals surface area contributed by atoms with Gasteiger partial charge in [-0.2, -0.15) is 8.68 Å². The molecular formula is C16H22N4O3S2. The number of fused-ring (bicyclic) bond motifs is 1. The molecule has 2 amide bonds. The number of carbonyl (C=O) groups excluding carboxylic acids is 1. The summed E-state index contributed by atoms with van der Waals surface area (Å²) in [7, 11) is -3.21. The Labute approximate surface area is 151 Å². The van der Waals surface area contributed by atoms with E-state index in [1.54, 1.807) is 11.1 Å². The summed E-state index contributed by atoms with van der Waals surface area (Å²) in [6.07, 6.45) is 4.33. The molecule has 1 aliphatic rings. The molecule has 0 bridgehead atoms. The number of carbonyl (C=O) groups is 1. The third-order valence-electron chi connectivity index (χ3n) is 4.50. The lowest BCUT2D eigenvalue weighted by Crippen LogP contribution is -2.49. The Morgan fingerprint density at radius 1 is 1.40 bits per heavy atom. The molecule has 0 radical (unpaired) electrons. The Balaban J connectivity index is 1.59. The molecule has 136 valence electrons. The van der Waals surface area contributed by atoms with Gasteiger partial charge in [-0.15, -0.1) is 0 Å². The normalized spacial score (nSPS) is 16.5. The van der Waals surface area contributed by atoms with Crippen molar-refractivity contribution in [2.75, 3.05) is 31.2 Å². The summed E-state index contributed by atoms with van der Waals surface area (Å²) >= 11 is 1.42. The van der Waals surface area contributed by atoms with Gasteiger partial charge in [0.05, 0.1) is 11.0 Å². The van der Waals surface area contributed by atoms with Crippen molar-refractivity contribution in [3.05, 3.63) is 24.4 Å². The molecular weight excluding hydrogens is 360 g/mol. The summed E-state index contributed by atoms with van der Waals surface area (Å²) in [5.41, 5.74) is 0.742. The lowest BCUT2D eigenvalue weighted by atomic mass is 10.1. The molecule has 1 aromatic carbocycles. The molecule has 0 unspecified atom stereocenters. The van der Waals surface area contributed by atoms with Gasteiger partial charge < -0.3 is 10.2 Å². The lowest BCUT2D eigenvalue weighted by molar-refractivity contribution is 0.169. The maximum absolute atomic E-state index is 12.5. The van der Waals surface area contributed by atoms with E-state index in [1.165, 1.54) is 22.1 Å². The Kier molecular flexibility index (Phi) is 5.26. The van der Waals surface area contributed by atoms with Crippen LogP contribution in [0.25, 0.3) is 10.1 Å². The Morgan fingerprint density at radius 3 is 2.76 bits per heavy atom. The van der Waals surface area contributed by atoms with Crippen molar-refractivity contribution in [2.45, 2.75) is 25.8 Å². The maximum atomic E-state index is 12.5. The number of anilines is 1. The quantitative estimate of drug-likeness (QED) is 0.881. The topological polar surface area (TPSA) is 82.6 Å². The molecule has 1 N–H and O–H groups in total. The van der Waals surface area contributed by atoms with Crippen LogP contribution in [-0.2, 0) is 10.0 Å². The average Bonchev–Trinajstić information content (AvgIpc) is 3.02. The van der Waals surface area contributed by atoms with Crippen molar-refractivity contribution in [2.24, 2.45) is 0 Å². The van der Waals surface area contributed by atoms with Crippen LogP contribution in [0.2, 0.25) is 0 Å². The van der Waals surface area contributed by atoms with Gasteiger partial charge in [0.15, 0.2) is 0 Å². The van der Waals surface area contributed by atoms with Crippen LogP contribution in [0.15, 0.2) is 24.4 Å². The Bertz CT molecular complexity index is 857. The standard InChI is InChI=1S/C16H22N4O3S2/c1-3-20(25(2,22)23)14-6-8-19(9-7-14)16(21)18-13-4-5-15-12(10-13)11-17-24-15/h4-5,10-11,14H,3,6-9H2,1-2H3,(H,18,21). The van der Waals surface area contributed by atoms with Crippen LogP contribution in [0.1, 0.15) is 19.8 Å². The van der Waals surface area contributed by atoms with Gasteiger partial charge in [-0.1, -0.05) is 6.92 Å². The first-order chi connectivity index (χ1) is 11.9. The number of urea groups is 1. The SMILES string of the molecule is CCN(C1CCN(C(=O)Nc2ccc3sncc3c2)CC1)S(C)(=O)=O. The zero-order valence-electron chi connectivity index (χ0n) is 14.3. The van der Waals surface area contributed by atoms with E-state index in [0.29, 0.717) is 32.5 Å². The fourth-order valence-corrected chi connectivity index (χ4v) is 5.12. The maximum Gasteiger partial charge on any atom is 0.321 e. The second-order valence-electron chi connectivity index (χ2n) is 6.19. The van der Waals surface area contributed by atoms with Gasteiger partial charge in [-0.3, -0.25) is 0 Å². The van der Waals surface area contributed by atoms with Gasteiger partial charge in [-0.05, 0) is 42.6 Å². The van der Waals surface area contributed by atoms with Crippen LogP contribution in [0.3, 0.4) is 0 Å². The number of nitrogens with one attached hydrogen (secondary N) is 1. The first-order valence-electron chi connectivity index (χ1n) is 8.25. The number of nitrogens with zero attached hydrogens (tertiary/aromatic N) is 3. The van der Waals surface area contributed by atoms with Gasteiger partial charge >= 0.3 is 6.03 Å². The summed E-state index contributed by atoms with van der Waals surface area (Å²) in [5.74, 6) is 0. The molecule has 9 heteroatoms. The zero-order chi connectivity index (χ0) is 18.0. The summed E-state index contributed by atoms with van der Waals surface area (Å²) in [4.78, 5) is 14.2. The fraction of sp³-hybridized carbons (Fsp3) is 0.500. The minimum absolute atomic E-state index is 0.0303. The molecule has 0 spiro atoms. The third-order valence-corrected chi connectivity index (χ3v) is 6.69. The first-order valence-corrected chi connectivity index (χ1v) is 10.9. The summed E-state index contributed by atoms with van der Waals surface area (Å²) in [6.45, 7) is 3.40. The molecule has 1 saturated heterocycles. The molecule has 0 atom stereocenters. The fourth-order valence-electron chi connectivity index (χ4n) is 3.27. The number of likely N-dealkylation sites (tertiary alicyclic amines) is 1. The lowest BCUT2D eigenvalue weighted by Gasteiger charge is -2.36. The van der Waals surface area contributed by atoms with Gasteiger partial charge in [0.2, 0.25) is 10.0 Å². The van der Waals surface area contributed by atoms with E-state index in [0.717, 1.165) is 15.8 Å². The largest absolute Gasteiger partial charge is 0.324 e. The van der Waals surface area contributed by atoms with E-state index in [4.69, 9.17) is 0 Å². The molecule has 2 heterocycles. The summed E-state index contributed by atoms with van der Waals surface area (Å²) in [6, 6.07) is 5.54. The van der Waals surface area contributed by atoms with Crippen LogP contribution in [0.5, 0.6) is 0 Å². The van der Waals surface area contributed by atoms with E-state index >= 15 is 0 Å². The smallest absolute Gasteiger partial charge is 0.321 e. The number of rotatable bonds is 4. The highest BCUT2D eigenvalue weighted by Crippen LogP contribution is 2.23. The van der Waals surface area contributed by atoms with E-state index in [-0.39, 0.29) is 12.1 Å². The van der Waals surface area contributed by atoms with E-state index in [9.17, 15) is 13.2 Å². The number of hydrogen-bond donors (Lipinski definition) is 1. The van der Waals surface area contributed by atoms with Crippen LogP contribution >= 0.6 is 11.5 Å². The van der Waals surface area contributed by atoms with Crippen LogP contribution in [0.4, 0.5) is 10.5 Å². The van der Waals surface area contributed by atoms with E-state index in [1.807, 2.05) is 25.1 Å². The van der Waals surface area contributed by atoms with Crippen LogP contribution in [-0.4, -0.2) is 60.0 Å². The Hall–Kier alpha value is -1.71. The number of benzene rings is 1. The predicted molar refractivity (Wildman–Crippen MR) is 100 cm³/mol. The van der Waals surface area contributed by atoms with Gasteiger partial charge in [0.25, 0.3) is 0 Å². The number of sulfonamides is 1. The van der Waals surface area contributed by atoms with Crippen molar-refractivity contribution in [3.63, 3.8) is 0 Å². The monoisotopic (exact) mass is 382 g/mol. The molecule has 0 saturated carbocycles. The van der Waals surface area contributed by atoms with Crippen molar-refractivity contribution in [3.8, 4) is 0 Å². The van der Waals surface area contributed by atoms with Crippen molar-refractivity contribution in [1.82, 2.24) is 13.6 Å². The predicted octanol–water partition coefficient (Wildman–Crippen LogP) is 2.57. The van der Waals surface area contributed by atoms with Gasteiger partial charge in [0, 0.05) is 42.9 Å². The number of amides is 2. The van der Waals surface area contributed by atoms with Crippen molar-refractivity contribution >= 4 is 43.4 Å². The van der Waals surface area contributed by atoms with E-state index < -0.39 is 10.0 Å². The molecule has 25 heavy (non-hydrogen) atoms. The zero-order valence-corrected chi connectivity index (χ0v) is 15.9. The van der Waals surface area contributed by atoms with Gasteiger partial charge in [-0.25, -0.2) is 13.2 Å². The molecule has 2 aromatic rings. The number of aromatic nitrogens is 1. The van der Waals surface area contributed by atoms with Gasteiger partial charge in [0.1, 0.15) is 0 Å². The third kappa shape index (κ3) is 4.10. The second-order valence-corrected chi connectivity index (χ2v) is 8.96. The molecule has 1 aliphatic heterocycles. The molecule has 0 aliphatic carbocycles. The minimum Gasteiger partial charge on any atom is -0.324 e. The molecule has 7 nitrogen and oxygen atoms in total. The molecule has 1 aromatic heterocycles. The molecule has 3 rings (SSSR count). The molecule has 1 fully saturated rings. The minimum atomic E-state index is -3.21. The Morgan fingerprint density at radius 2 is 2.12 bits per heavy atom. The van der Waals surface area contributed by atoms with Crippen molar-refractivity contribution in [1.29, 1.82) is 0 Å². The van der Waals surface area contributed by atoms with Crippen LogP contribution in [0, 0.1) is 0 Å². The highest BCUT2D eigenvalue weighted by molar-refractivity contribution is 7.88. The number of piperidine rings is 1.